The third kappa shape index (κ3) is 1.21. The Morgan fingerprint density at radius 2 is 2.45 bits per heavy atom. The van der Waals surface area contributed by atoms with Gasteiger partial charge in [0.15, 0.2) is 0 Å². The zero-order chi connectivity index (χ0) is 7.84. The quantitative estimate of drug-likeness (QED) is 0.389. The molecule has 2 saturated heterocycles. The molecule has 0 spiro atoms. The third-order valence-electron chi connectivity index (χ3n) is 2.01. The number of nitrogens with one attached hydrogen (secondary N) is 2. The number of halogens is 1. The Morgan fingerprint density at radius 3 is 3.27 bits per heavy atom. The maximum absolute atomic E-state index is 11.2. The van der Waals surface area contributed by atoms with Crippen molar-refractivity contribution in [1.29, 1.82) is 0 Å². The predicted octanol–water partition coefficient (Wildman–Crippen LogP) is -0.392. The highest BCUT2D eigenvalue weighted by molar-refractivity contribution is 6.21. The first-order valence-electron chi connectivity index (χ1n) is 3.73. The average Bonchev–Trinajstić information content (AvgIpc) is 2.34. The second kappa shape index (κ2) is 2.62. The molecule has 4 nitrogen and oxygen atoms in total. The van der Waals surface area contributed by atoms with Gasteiger partial charge < -0.3 is 0 Å². The maximum atomic E-state index is 11.2. The Balaban J connectivity index is 2.10. The van der Waals surface area contributed by atoms with E-state index in [0.29, 0.717) is 6.42 Å². The lowest BCUT2D eigenvalue weighted by Gasteiger charge is -2.32. The van der Waals surface area contributed by atoms with Crippen molar-refractivity contribution in [2.45, 2.75) is 24.5 Å². The van der Waals surface area contributed by atoms with E-state index in [1.807, 2.05) is 0 Å². The number of alkyl halides is 1. The van der Waals surface area contributed by atoms with Crippen LogP contribution >= 0.6 is 11.6 Å². The maximum Gasteiger partial charge on any atom is 0.240 e. The molecular formula is C6H10ClN3O. The first-order valence-corrected chi connectivity index (χ1v) is 4.17. The second-order valence-electron chi connectivity index (χ2n) is 2.81. The van der Waals surface area contributed by atoms with E-state index in [0.717, 1.165) is 13.0 Å². The average molecular weight is 176 g/mol. The van der Waals surface area contributed by atoms with Gasteiger partial charge in [-0.3, -0.25) is 15.1 Å². The van der Waals surface area contributed by atoms with Crippen molar-refractivity contribution in [3.8, 4) is 0 Å². The Labute approximate surface area is 69.8 Å². The highest BCUT2D eigenvalue weighted by Gasteiger charge is 2.35. The monoisotopic (exact) mass is 175 g/mol. The summed E-state index contributed by atoms with van der Waals surface area (Å²) in [5.74, 6) is 0.0891. The van der Waals surface area contributed by atoms with E-state index >= 15 is 0 Å². The van der Waals surface area contributed by atoms with Gasteiger partial charge >= 0.3 is 0 Å². The predicted molar refractivity (Wildman–Crippen MR) is 40.6 cm³/mol. The summed E-state index contributed by atoms with van der Waals surface area (Å²) >= 11 is 5.79. The Kier molecular flexibility index (Phi) is 1.75. The fourth-order valence-corrected chi connectivity index (χ4v) is 1.78. The van der Waals surface area contributed by atoms with E-state index in [-0.39, 0.29) is 17.6 Å². The van der Waals surface area contributed by atoms with Crippen molar-refractivity contribution >= 4 is 17.5 Å². The van der Waals surface area contributed by atoms with Gasteiger partial charge in [0.05, 0.1) is 11.9 Å². The van der Waals surface area contributed by atoms with Gasteiger partial charge in [0.25, 0.3) is 0 Å². The van der Waals surface area contributed by atoms with E-state index < -0.39 is 0 Å². The molecule has 2 aliphatic heterocycles. The highest BCUT2D eigenvalue weighted by Crippen LogP contribution is 2.16. The lowest BCUT2D eigenvalue weighted by molar-refractivity contribution is -0.138. The minimum Gasteiger partial charge on any atom is -0.280 e. The molecule has 0 aromatic heterocycles. The van der Waals surface area contributed by atoms with Crippen LogP contribution in [0.2, 0.25) is 0 Å². The summed E-state index contributed by atoms with van der Waals surface area (Å²) in [6.45, 7) is 0.854. The summed E-state index contributed by atoms with van der Waals surface area (Å²) in [4.78, 5) is 11.2. The van der Waals surface area contributed by atoms with Gasteiger partial charge in [-0.15, -0.1) is 11.6 Å². The van der Waals surface area contributed by atoms with Crippen LogP contribution in [0.3, 0.4) is 0 Å². The molecule has 0 bridgehead atoms. The summed E-state index contributed by atoms with van der Waals surface area (Å²) in [7, 11) is 0. The Hall–Kier alpha value is -0.320. The summed E-state index contributed by atoms with van der Waals surface area (Å²) in [6, 6.07) is 0. The van der Waals surface area contributed by atoms with Crippen molar-refractivity contribution in [1.82, 2.24) is 15.8 Å². The number of amides is 1. The lowest BCUT2D eigenvalue weighted by atomic mass is 10.2. The van der Waals surface area contributed by atoms with E-state index in [2.05, 4.69) is 10.7 Å². The van der Waals surface area contributed by atoms with E-state index in [4.69, 9.17) is 11.6 Å². The SMILES string of the molecule is O=C1CC(Cl)NC2CCNN12. The van der Waals surface area contributed by atoms with E-state index in [9.17, 15) is 4.79 Å². The third-order valence-corrected chi connectivity index (χ3v) is 2.29. The van der Waals surface area contributed by atoms with Gasteiger partial charge in [0.2, 0.25) is 5.91 Å². The smallest absolute Gasteiger partial charge is 0.240 e. The van der Waals surface area contributed by atoms with Crippen LogP contribution in [0.25, 0.3) is 0 Å². The molecule has 2 aliphatic rings. The van der Waals surface area contributed by atoms with E-state index in [1.165, 1.54) is 0 Å². The minimum absolute atomic E-state index is 0.0891. The van der Waals surface area contributed by atoms with Gasteiger partial charge in [-0.25, -0.2) is 5.43 Å². The molecule has 2 rings (SSSR count). The number of fused-ring (bicyclic) bond motifs is 1. The van der Waals surface area contributed by atoms with Crippen LogP contribution in [0.4, 0.5) is 0 Å². The van der Waals surface area contributed by atoms with Crippen LogP contribution in [-0.4, -0.2) is 29.1 Å². The van der Waals surface area contributed by atoms with Crippen molar-refractivity contribution < 1.29 is 4.79 Å². The normalized spacial score (nSPS) is 37.5. The fourth-order valence-electron chi connectivity index (χ4n) is 1.50. The molecule has 2 N–H and O–H groups in total. The number of carbonyl (C=O) groups is 1. The van der Waals surface area contributed by atoms with Crippen LogP contribution in [0.1, 0.15) is 12.8 Å². The minimum atomic E-state index is -0.191. The second-order valence-corrected chi connectivity index (χ2v) is 3.34. The summed E-state index contributed by atoms with van der Waals surface area (Å²) in [5.41, 5.74) is 2.80. The zero-order valence-corrected chi connectivity index (χ0v) is 6.77. The van der Waals surface area contributed by atoms with Gasteiger partial charge in [0, 0.05) is 6.54 Å². The van der Waals surface area contributed by atoms with Crippen LogP contribution in [0.5, 0.6) is 0 Å². The summed E-state index contributed by atoms with van der Waals surface area (Å²) in [6.07, 6.45) is 1.43. The topological polar surface area (TPSA) is 44.4 Å². The van der Waals surface area contributed by atoms with Crippen LogP contribution < -0.4 is 10.7 Å². The summed E-state index contributed by atoms with van der Waals surface area (Å²) in [5, 5.41) is 4.75. The Morgan fingerprint density at radius 1 is 1.64 bits per heavy atom. The molecule has 1 amide bonds. The van der Waals surface area contributed by atoms with Gasteiger partial charge in [-0.2, -0.15) is 0 Å². The number of rotatable bonds is 0. The fraction of sp³-hybridized carbons (Fsp3) is 0.833. The highest BCUT2D eigenvalue weighted by atomic mass is 35.5. The molecule has 2 heterocycles. The lowest BCUT2D eigenvalue weighted by Crippen LogP contribution is -2.56. The molecule has 11 heavy (non-hydrogen) atoms. The molecule has 62 valence electrons. The molecule has 5 heteroatoms. The molecule has 0 aliphatic carbocycles. The largest absolute Gasteiger partial charge is 0.280 e. The van der Waals surface area contributed by atoms with Crippen molar-refractivity contribution in [3.05, 3.63) is 0 Å². The van der Waals surface area contributed by atoms with Gasteiger partial charge in [0.1, 0.15) is 6.17 Å². The molecule has 0 aromatic carbocycles. The number of hydrogen-bond donors (Lipinski definition) is 2. The molecule has 0 radical (unpaired) electrons. The molecule has 0 saturated carbocycles. The van der Waals surface area contributed by atoms with Crippen LogP contribution in [0.15, 0.2) is 0 Å². The van der Waals surface area contributed by atoms with Gasteiger partial charge in [-0.1, -0.05) is 0 Å². The summed E-state index contributed by atoms with van der Waals surface area (Å²) < 4.78 is 0. The van der Waals surface area contributed by atoms with Crippen molar-refractivity contribution in [3.63, 3.8) is 0 Å². The van der Waals surface area contributed by atoms with Crippen molar-refractivity contribution in [2.75, 3.05) is 6.54 Å². The van der Waals surface area contributed by atoms with Crippen molar-refractivity contribution in [2.24, 2.45) is 0 Å². The van der Waals surface area contributed by atoms with E-state index in [1.54, 1.807) is 5.01 Å². The molecule has 2 fully saturated rings. The zero-order valence-electron chi connectivity index (χ0n) is 6.01. The van der Waals surface area contributed by atoms with Crippen LogP contribution in [-0.2, 0) is 4.79 Å². The molecule has 2 atom stereocenters. The van der Waals surface area contributed by atoms with Crippen LogP contribution in [0, 0.1) is 0 Å². The molecule has 2 unspecified atom stereocenters. The molecule has 0 aromatic rings. The number of nitrogens with zero attached hydrogens (tertiary/aromatic N) is 1. The number of hydrogen-bond acceptors (Lipinski definition) is 3. The van der Waals surface area contributed by atoms with Gasteiger partial charge in [-0.05, 0) is 6.42 Å². The molecular weight excluding hydrogens is 166 g/mol. The number of hydrazine groups is 1. The first kappa shape index (κ1) is 7.34. The Bertz CT molecular complexity index is 187. The number of carbonyl (C=O) groups excluding carboxylic acids is 1. The first-order chi connectivity index (χ1) is 5.27. The standard InChI is InChI=1S/C6H10ClN3O/c7-4-3-6(11)10-5(9-4)1-2-8-10/h4-5,8-9H,1-3H2.